The molecule has 0 radical (unpaired) electrons. The molecule has 4 nitrogen and oxygen atoms in total. The van der Waals surface area contributed by atoms with E-state index in [2.05, 4.69) is 26.0 Å². The minimum absolute atomic E-state index is 0.294. The summed E-state index contributed by atoms with van der Waals surface area (Å²) in [5, 5.41) is 0. The van der Waals surface area contributed by atoms with Gasteiger partial charge in [0.15, 0.2) is 12.6 Å². The van der Waals surface area contributed by atoms with E-state index in [9.17, 15) is 0 Å². The van der Waals surface area contributed by atoms with E-state index in [1.807, 2.05) is 27.7 Å². The topological polar surface area (TPSA) is 36.9 Å². The van der Waals surface area contributed by atoms with Crippen LogP contribution in [-0.4, -0.2) is 39.0 Å². The van der Waals surface area contributed by atoms with E-state index in [0.717, 1.165) is 12.8 Å². The molecule has 0 aromatic carbocycles. The summed E-state index contributed by atoms with van der Waals surface area (Å²) in [5.41, 5.74) is 2.44. The Morgan fingerprint density at radius 2 is 0.864 bits per heavy atom. The maximum Gasteiger partial charge on any atom is 0.177 e. The van der Waals surface area contributed by atoms with Gasteiger partial charge in [0.2, 0.25) is 0 Å². The first kappa shape index (κ1) is 21.3. The van der Waals surface area contributed by atoms with E-state index in [1.54, 1.807) is 0 Å². The van der Waals surface area contributed by atoms with Gasteiger partial charge in [-0.05, 0) is 63.8 Å². The van der Waals surface area contributed by atoms with E-state index < -0.39 is 0 Å². The molecule has 0 saturated heterocycles. The van der Waals surface area contributed by atoms with Gasteiger partial charge in [-0.25, -0.2) is 0 Å². The molecule has 0 spiro atoms. The van der Waals surface area contributed by atoms with Crippen LogP contribution in [0, 0.1) is 0 Å². The van der Waals surface area contributed by atoms with Gasteiger partial charge in [0.1, 0.15) is 0 Å². The Balaban J connectivity index is 5.23. The summed E-state index contributed by atoms with van der Waals surface area (Å²) in [6, 6.07) is 0. The Hall–Kier alpha value is -0.680. The maximum absolute atomic E-state index is 5.62. The maximum atomic E-state index is 5.62. The zero-order valence-corrected chi connectivity index (χ0v) is 15.2. The molecule has 0 aromatic rings. The van der Waals surface area contributed by atoms with E-state index in [-0.39, 0.29) is 12.6 Å². The summed E-state index contributed by atoms with van der Waals surface area (Å²) in [6.45, 7) is 14.7. The van der Waals surface area contributed by atoms with Crippen LogP contribution < -0.4 is 0 Å². The van der Waals surface area contributed by atoms with E-state index in [4.69, 9.17) is 18.9 Å². The van der Waals surface area contributed by atoms with Crippen LogP contribution in [0.1, 0.15) is 54.4 Å². The van der Waals surface area contributed by atoms with Crippen LogP contribution in [0.3, 0.4) is 0 Å². The van der Waals surface area contributed by atoms with Crippen LogP contribution in [0.2, 0.25) is 0 Å². The first-order valence-electron chi connectivity index (χ1n) is 8.54. The minimum atomic E-state index is -0.294. The summed E-state index contributed by atoms with van der Waals surface area (Å²) in [7, 11) is 0. The fourth-order valence-electron chi connectivity index (χ4n) is 2.18. The number of allylic oxidation sites excluding steroid dienone is 2. The van der Waals surface area contributed by atoms with Crippen LogP contribution >= 0.6 is 0 Å². The Bertz CT molecular complexity index is 279. The zero-order valence-electron chi connectivity index (χ0n) is 15.2. The van der Waals surface area contributed by atoms with Crippen LogP contribution in [0.25, 0.3) is 0 Å². The van der Waals surface area contributed by atoms with Crippen molar-refractivity contribution < 1.29 is 18.9 Å². The molecule has 0 aliphatic heterocycles. The Kier molecular flexibility index (Phi) is 13.5. The predicted molar refractivity (Wildman–Crippen MR) is 90.8 cm³/mol. The SMILES string of the molecule is CCOC(C=C(CC)C(=CC(OCC)OCC)CC)OCC. The van der Waals surface area contributed by atoms with Crippen molar-refractivity contribution in [2.45, 2.75) is 67.0 Å². The standard InChI is InChI=1S/C18H34O4/c1-7-15(13-17(19-9-3)20-10-4)16(8-2)14-18(21-11-5)22-12-6/h13-14,17-18H,7-12H2,1-6H3. The third-order valence-electron chi connectivity index (χ3n) is 3.17. The number of ether oxygens (including phenoxy) is 4. The first-order chi connectivity index (χ1) is 10.7. The van der Waals surface area contributed by atoms with Gasteiger partial charge in [-0.2, -0.15) is 0 Å². The molecule has 0 aliphatic rings. The number of rotatable bonds is 13. The molecule has 0 rings (SSSR count). The molecular formula is C18H34O4. The number of hydrogen-bond donors (Lipinski definition) is 0. The third-order valence-corrected chi connectivity index (χ3v) is 3.17. The van der Waals surface area contributed by atoms with Gasteiger partial charge in [-0.15, -0.1) is 0 Å². The van der Waals surface area contributed by atoms with Crippen molar-refractivity contribution in [2.75, 3.05) is 26.4 Å². The predicted octanol–water partition coefficient (Wildman–Crippen LogP) is 4.46. The van der Waals surface area contributed by atoms with Gasteiger partial charge < -0.3 is 18.9 Å². The highest BCUT2D eigenvalue weighted by Gasteiger charge is 2.11. The highest BCUT2D eigenvalue weighted by Crippen LogP contribution is 2.21. The first-order valence-corrected chi connectivity index (χ1v) is 8.54. The molecule has 4 heteroatoms. The second-order valence-electron chi connectivity index (χ2n) is 4.65. The molecule has 0 N–H and O–H groups in total. The second kappa shape index (κ2) is 13.9. The van der Waals surface area contributed by atoms with Crippen molar-refractivity contribution in [3.05, 3.63) is 23.3 Å². The summed E-state index contributed by atoms with van der Waals surface area (Å²) in [4.78, 5) is 0. The van der Waals surface area contributed by atoms with Gasteiger partial charge in [-0.1, -0.05) is 13.8 Å². The van der Waals surface area contributed by atoms with Crippen molar-refractivity contribution in [1.29, 1.82) is 0 Å². The van der Waals surface area contributed by atoms with Crippen LogP contribution in [0.15, 0.2) is 23.3 Å². The Labute approximate surface area is 136 Å². The average molecular weight is 314 g/mol. The molecule has 0 aliphatic carbocycles. The monoisotopic (exact) mass is 314 g/mol. The second-order valence-corrected chi connectivity index (χ2v) is 4.65. The van der Waals surface area contributed by atoms with Crippen LogP contribution in [0.5, 0.6) is 0 Å². The Morgan fingerprint density at radius 3 is 1.05 bits per heavy atom. The van der Waals surface area contributed by atoms with Crippen molar-refractivity contribution in [2.24, 2.45) is 0 Å². The van der Waals surface area contributed by atoms with Gasteiger partial charge >= 0.3 is 0 Å². The highest BCUT2D eigenvalue weighted by molar-refractivity contribution is 5.31. The lowest BCUT2D eigenvalue weighted by atomic mass is 10.00. The molecule has 0 unspecified atom stereocenters. The lowest BCUT2D eigenvalue weighted by Gasteiger charge is -2.19. The smallest absolute Gasteiger partial charge is 0.177 e. The van der Waals surface area contributed by atoms with Gasteiger partial charge in [0.25, 0.3) is 0 Å². The molecule has 0 amide bonds. The fraction of sp³-hybridized carbons (Fsp3) is 0.778. The lowest BCUT2D eigenvalue weighted by Crippen LogP contribution is -2.17. The van der Waals surface area contributed by atoms with Crippen molar-refractivity contribution >= 4 is 0 Å². The van der Waals surface area contributed by atoms with Crippen LogP contribution in [-0.2, 0) is 18.9 Å². The van der Waals surface area contributed by atoms with E-state index >= 15 is 0 Å². The molecule has 22 heavy (non-hydrogen) atoms. The van der Waals surface area contributed by atoms with Crippen molar-refractivity contribution in [3.63, 3.8) is 0 Å². The zero-order chi connectivity index (χ0) is 16.8. The highest BCUT2D eigenvalue weighted by atomic mass is 16.7. The lowest BCUT2D eigenvalue weighted by molar-refractivity contribution is -0.105. The van der Waals surface area contributed by atoms with E-state index in [0.29, 0.717) is 26.4 Å². The molecule has 130 valence electrons. The average Bonchev–Trinajstić information content (AvgIpc) is 2.51. The molecule has 0 bridgehead atoms. The van der Waals surface area contributed by atoms with Gasteiger partial charge in [-0.3, -0.25) is 0 Å². The molecule has 0 heterocycles. The van der Waals surface area contributed by atoms with Crippen LogP contribution in [0.4, 0.5) is 0 Å². The normalized spacial score (nSPS) is 13.5. The molecule has 0 atom stereocenters. The van der Waals surface area contributed by atoms with Gasteiger partial charge in [0, 0.05) is 26.4 Å². The minimum Gasteiger partial charge on any atom is -0.349 e. The molecular weight excluding hydrogens is 280 g/mol. The van der Waals surface area contributed by atoms with Gasteiger partial charge in [0.05, 0.1) is 0 Å². The Morgan fingerprint density at radius 1 is 0.591 bits per heavy atom. The molecule has 0 saturated carbocycles. The fourth-order valence-corrected chi connectivity index (χ4v) is 2.18. The summed E-state index contributed by atoms with van der Waals surface area (Å²) >= 11 is 0. The number of hydrogen-bond acceptors (Lipinski definition) is 4. The van der Waals surface area contributed by atoms with E-state index in [1.165, 1.54) is 11.1 Å². The third kappa shape index (κ3) is 8.69. The van der Waals surface area contributed by atoms with Crippen molar-refractivity contribution in [3.8, 4) is 0 Å². The van der Waals surface area contributed by atoms with Crippen molar-refractivity contribution in [1.82, 2.24) is 0 Å². The summed E-state index contributed by atoms with van der Waals surface area (Å²) < 4.78 is 22.5. The molecule has 0 aromatic heterocycles. The molecule has 0 fully saturated rings. The largest absolute Gasteiger partial charge is 0.349 e. The summed E-state index contributed by atoms with van der Waals surface area (Å²) in [6.07, 6.45) is 5.38. The quantitative estimate of drug-likeness (QED) is 0.371. The summed E-state index contributed by atoms with van der Waals surface area (Å²) in [5.74, 6) is 0.